The van der Waals surface area contributed by atoms with Gasteiger partial charge in [-0.25, -0.2) is 9.18 Å². The van der Waals surface area contributed by atoms with Gasteiger partial charge in [0, 0.05) is 13.0 Å². The summed E-state index contributed by atoms with van der Waals surface area (Å²) in [5, 5.41) is 5.37. The highest BCUT2D eigenvalue weighted by Gasteiger charge is 2.14. The van der Waals surface area contributed by atoms with Crippen LogP contribution >= 0.6 is 0 Å². The number of methoxy groups -OCH3 is 1. The largest absolute Gasteiger partial charge is 0.465 e. The van der Waals surface area contributed by atoms with Crippen LogP contribution in [0.1, 0.15) is 16.8 Å². The molecule has 6 heteroatoms. The van der Waals surface area contributed by atoms with Crippen LogP contribution in [0.3, 0.4) is 0 Å². The Labute approximate surface area is 104 Å². The minimum absolute atomic E-state index is 0.00434. The first kappa shape index (κ1) is 14.1. The fourth-order valence-electron chi connectivity index (χ4n) is 1.36. The monoisotopic (exact) mass is 254 g/mol. The Morgan fingerprint density at radius 3 is 2.72 bits per heavy atom. The van der Waals surface area contributed by atoms with Crippen molar-refractivity contribution in [3.8, 4) is 0 Å². The molecule has 98 valence electrons. The SMILES string of the molecule is CNCCC(=O)Nc1ccc(F)cc1C(=O)OC. The quantitative estimate of drug-likeness (QED) is 0.774. The van der Waals surface area contributed by atoms with Crippen LogP contribution in [0.4, 0.5) is 10.1 Å². The lowest BCUT2D eigenvalue weighted by Crippen LogP contribution is -2.20. The second-order valence-corrected chi connectivity index (χ2v) is 3.58. The smallest absolute Gasteiger partial charge is 0.340 e. The molecule has 1 aromatic carbocycles. The van der Waals surface area contributed by atoms with E-state index in [0.717, 1.165) is 6.07 Å². The Hall–Kier alpha value is -1.95. The third kappa shape index (κ3) is 3.81. The van der Waals surface area contributed by atoms with E-state index in [1.807, 2.05) is 0 Å². The van der Waals surface area contributed by atoms with E-state index in [-0.39, 0.29) is 23.6 Å². The van der Waals surface area contributed by atoms with E-state index in [0.29, 0.717) is 6.54 Å². The van der Waals surface area contributed by atoms with Gasteiger partial charge in [0.1, 0.15) is 5.82 Å². The molecule has 2 N–H and O–H groups in total. The van der Waals surface area contributed by atoms with Crippen LogP contribution in [-0.4, -0.2) is 32.6 Å². The summed E-state index contributed by atoms with van der Waals surface area (Å²) in [4.78, 5) is 23.0. The molecule has 1 amide bonds. The summed E-state index contributed by atoms with van der Waals surface area (Å²) in [6, 6.07) is 3.53. The lowest BCUT2D eigenvalue weighted by atomic mass is 10.1. The molecule has 0 aliphatic heterocycles. The lowest BCUT2D eigenvalue weighted by Gasteiger charge is -2.09. The molecule has 1 aromatic rings. The average Bonchev–Trinajstić information content (AvgIpc) is 2.37. The number of benzene rings is 1. The summed E-state index contributed by atoms with van der Waals surface area (Å²) in [5.74, 6) is -1.52. The predicted molar refractivity (Wildman–Crippen MR) is 64.9 cm³/mol. The van der Waals surface area contributed by atoms with Gasteiger partial charge < -0.3 is 15.4 Å². The number of amides is 1. The Bertz CT molecular complexity index is 449. The summed E-state index contributed by atoms with van der Waals surface area (Å²) in [6.45, 7) is 0.514. The molecule has 1 rings (SSSR count). The van der Waals surface area contributed by atoms with Crippen molar-refractivity contribution in [1.29, 1.82) is 0 Å². The fourth-order valence-corrected chi connectivity index (χ4v) is 1.36. The number of nitrogens with one attached hydrogen (secondary N) is 2. The van der Waals surface area contributed by atoms with E-state index in [1.54, 1.807) is 7.05 Å². The van der Waals surface area contributed by atoms with Gasteiger partial charge in [0.2, 0.25) is 5.91 Å². The first-order chi connectivity index (χ1) is 8.58. The van der Waals surface area contributed by atoms with Gasteiger partial charge in [-0.05, 0) is 25.2 Å². The number of anilines is 1. The first-order valence-electron chi connectivity index (χ1n) is 5.40. The van der Waals surface area contributed by atoms with Crippen molar-refractivity contribution in [3.05, 3.63) is 29.6 Å². The number of ether oxygens (including phenoxy) is 1. The third-order valence-corrected chi connectivity index (χ3v) is 2.26. The molecule has 18 heavy (non-hydrogen) atoms. The van der Waals surface area contributed by atoms with E-state index in [9.17, 15) is 14.0 Å². The van der Waals surface area contributed by atoms with E-state index in [4.69, 9.17) is 0 Å². The molecular formula is C12H15FN2O3. The number of hydrogen-bond donors (Lipinski definition) is 2. The minimum atomic E-state index is -0.696. The molecular weight excluding hydrogens is 239 g/mol. The van der Waals surface area contributed by atoms with E-state index in [1.165, 1.54) is 19.2 Å². The van der Waals surface area contributed by atoms with Crippen LogP contribution in [0.15, 0.2) is 18.2 Å². The van der Waals surface area contributed by atoms with Gasteiger partial charge in [-0.3, -0.25) is 4.79 Å². The zero-order valence-electron chi connectivity index (χ0n) is 10.2. The van der Waals surface area contributed by atoms with E-state index < -0.39 is 11.8 Å². The van der Waals surface area contributed by atoms with Gasteiger partial charge in [-0.15, -0.1) is 0 Å². The molecule has 0 aliphatic rings. The molecule has 0 saturated carbocycles. The van der Waals surface area contributed by atoms with Crippen LogP contribution in [0.5, 0.6) is 0 Å². The Morgan fingerprint density at radius 1 is 1.39 bits per heavy atom. The summed E-state index contributed by atoms with van der Waals surface area (Å²) in [5.41, 5.74) is 0.236. The maximum atomic E-state index is 13.1. The van der Waals surface area contributed by atoms with Gasteiger partial charge in [-0.1, -0.05) is 0 Å². The molecule has 0 aromatic heterocycles. The predicted octanol–water partition coefficient (Wildman–Crippen LogP) is 1.16. The van der Waals surface area contributed by atoms with Crippen molar-refractivity contribution in [1.82, 2.24) is 5.32 Å². The van der Waals surface area contributed by atoms with E-state index in [2.05, 4.69) is 15.4 Å². The minimum Gasteiger partial charge on any atom is -0.465 e. The molecule has 0 radical (unpaired) electrons. The van der Waals surface area contributed by atoms with Crippen molar-refractivity contribution < 1.29 is 18.7 Å². The maximum absolute atomic E-state index is 13.1. The number of carbonyl (C=O) groups is 2. The zero-order valence-corrected chi connectivity index (χ0v) is 10.2. The van der Waals surface area contributed by atoms with Gasteiger partial charge in [-0.2, -0.15) is 0 Å². The van der Waals surface area contributed by atoms with Gasteiger partial charge in [0.25, 0.3) is 0 Å². The van der Waals surface area contributed by atoms with Crippen LogP contribution < -0.4 is 10.6 Å². The van der Waals surface area contributed by atoms with E-state index >= 15 is 0 Å². The Balaban J connectivity index is 2.87. The number of rotatable bonds is 5. The molecule has 0 bridgehead atoms. The Kier molecular flexibility index (Phi) is 5.26. The fraction of sp³-hybridized carbons (Fsp3) is 0.333. The molecule has 0 unspecified atom stereocenters. The number of esters is 1. The second-order valence-electron chi connectivity index (χ2n) is 3.58. The van der Waals surface area contributed by atoms with Crippen LogP contribution in [0.2, 0.25) is 0 Å². The van der Waals surface area contributed by atoms with Crippen molar-refractivity contribution in [2.45, 2.75) is 6.42 Å². The molecule has 0 aliphatic carbocycles. The van der Waals surface area contributed by atoms with Crippen LogP contribution in [0.25, 0.3) is 0 Å². The normalized spacial score (nSPS) is 9.94. The lowest BCUT2D eigenvalue weighted by molar-refractivity contribution is -0.116. The highest BCUT2D eigenvalue weighted by molar-refractivity contribution is 6.01. The summed E-state index contributed by atoms with van der Waals surface area (Å²) < 4.78 is 17.6. The summed E-state index contributed by atoms with van der Waals surface area (Å²) >= 11 is 0. The topological polar surface area (TPSA) is 67.4 Å². The van der Waals surface area contributed by atoms with Crippen molar-refractivity contribution in [2.24, 2.45) is 0 Å². The summed E-state index contributed by atoms with van der Waals surface area (Å²) in [6.07, 6.45) is 0.258. The van der Waals surface area contributed by atoms with Gasteiger partial charge in [0.15, 0.2) is 0 Å². The van der Waals surface area contributed by atoms with Crippen molar-refractivity contribution >= 4 is 17.6 Å². The van der Waals surface area contributed by atoms with Gasteiger partial charge >= 0.3 is 5.97 Å². The number of hydrogen-bond acceptors (Lipinski definition) is 4. The highest BCUT2D eigenvalue weighted by Crippen LogP contribution is 2.18. The molecule has 0 saturated heterocycles. The molecule has 0 spiro atoms. The van der Waals surface area contributed by atoms with Crippen molar-refractivity contribution in [3.63, 3.8) is 0 Å². The highest BCUT2D eigenvalue weighted by atomic mass is 19.1. The van der Waals surface area contributed by atoms with Crippen LogP contribution in [-0.2, 0) is 9.53 Å². The third-order valence-electron chi connectivity index (χ3n) is 2.26. The second kappa shape index (κ2) is 6.70. The number of carbonyl (C=O) groups excluding carboxylic acids is 2. The first-order valence-corrected chi connectivity index (χ1v) is 5.40. The zero-order chi connectivity index (χ0) is 13.5. The van der Waals surface area contributed by atoms with Crippen molar-refractivity contribution in [2.75, 3.05) is 26.0 Å². The maximum Gasteiger partial charge on any atom is 0.340 e. The number of halogens is 1. The summed E-state index contributed by atoms with van der Waals surface area (Å²) in [7, 11) is 2.92. The molecule has 0 atom stereocenters. The standard InChI is InChI=1S/C12H15FN2O3/c1-14-6-5-11(16)15-10-4-3-8(13)7-9(10)12(17)18-2/h3-4,7,14H,5-6H2,1-2H3,(H,15,16). The molecule has 0 heterocycles. The molecule has 0 fully saturated rings. The average molecular weight is 254 g/mol. The van der Waals surface area contributed by atoms with Gasteiger partial charge in [0.05, 0.1) is 18.4 Å². The Morgan fingerprint density at radius 2 is 2.11 bits per heavy atom. The van der Waals surface area contributed by atoms with Crippen LogP contribution in [0, 0.1) is 5.82 Å². The molecule has 5 nitrogen and oxygen atoms in total.